The Balaban J connectivity index is 2.08. The maximum Gasteiger partial charge on any atom is 0.0628 e. The molecule has 2 N–H and O–H groups in total. The summed E-state index contributed by atoms with van der Waals surface area (Å²) in [6.07, 6.45) is 1.58. The van der Waals surface area contributed by atoms with Crippen molar-refractivity contribution >= 4 is 23.2 Å². The van der Waals surface area contributed by atoms with Gasteiger partial charge in [-0.25, -0.2) is 0 Å². The third kappa shape index (κ3) is 3.35. The molecular weight excluding hydrogens is 293 g/mol. The van der Waals surface area contributed by atoms with Crippen LogP contribution in [0.5, 0.6) is 0 Å². The maximum atomic E-state index is 6.26. The summed E-state index contributed by atoms with van der Waals surface area (Å²) < 4.78 is 1.90. The number of nitrogens with zero attached hydrogens (tertiary/aromatic N) is 2. The molecule has 2 rings (SSSR count). The molecule has 2 aromatic rings. The summed E-state index contributed by atoms with van der Waals surface area (Å²) in [7, 11) is 1.95. The summed E-state index contributed by atoms with van der Waals surface area (Å²) in [6, 6.07) is 5.70. The van der Waals surface area contributed by atoms with Gasteiger partial charge in [0.05, 0.1) is 15.7 Å². The molecule has 0 spiro atoms. The first-order valence-electron chi connectivity index (χ1n) is 6.57. The Bertz CT molecular complexity index is 620. The van der Waals surface area contributed by atoms with Gasteiger partial charge in [0.15, 0.2) is 0 Å². The molecule has 1 atom stereocenters. The molecule has 0 aliphatic heterocycles. The molecule has 0 bridgehead atoms. The van der Waals surface area contributed by atoms with Crippen molar-refractivity contribution < 1.29 is 0 Å². The van der Waals surface area contributed by atoms with Crippen molar-refractivity contribution in [1.82, 2.24) is 9.78 Å². The van der Waals surface area contributed by atoms with E-state index >= 15 is 0 Å². The summed E-state index contributed by atoms with van der Waals surface area (Å²) in [5, 5.41) is 5.57. The summed E-state index contributed by atoms with van der Waals surface area (Å²) in [4.78, 5) is 0. The Kier molecular flexibility index (Phi) is 4.74. The molecule has 3 nitrogen and oxygen atoms in total. The second kappa shape index (κ2) is 6.17. The van der Waals surface area contributed by atoms with Crippen molar-refractivity contribution in [1.29, 1.82) is 0 Å². The molecule has 1 aromatic carbocycles. The zero-order valence-corrected chi connectivity index (χ0v) is 13.5. The summed E-state index contributed by atoms with van der Waals surface area (Å²) in [5.74, 6) is 0. The van der Waals surface area contributed by atoms with E-state index in [9.17, 15) is 0 Å². The van der Waals surface area contributed by atoms with Crippen LogP contribution in [-0.2, 0) is 19.9 Å². The molecule has 0 saturated carbocycles. The molecule has 0 aliphatic rings. The zero-order valence-electron chi connectivity index (χ0n) is 12.0. The number of hydrogen-bond donors (Lipinski definition) is 1. The number of halogens is 2. The van der Waals surface area contributed by atoms with Crippen LogP contribution in [0.25, 0.3) is 0 Å². The van der Waals surface area contributed by atoms with Gasteiger partial charge in [-0.2, -0.15) is 5.10 Å². The van der Waals surface area contributed by atoms with Gasteiger partial charge in [0.25, 0.3) is 0 Å². The van der Waals surface area contributed by atoms with Crippen LogP contribution in [-0.4, -0.2) is 15.8 Å². The normalized spacial score (nSPS) is 12.7. The van der Waals surface area contributed by atoms with Gasteiger partial charge >= 0.3 is 0 Å². The van der Waals surface area contributed by atoms with Crippen LogP contribution in [0, 0.1) is 13.8 Å². The summed E-state index contributed by atoms with van der Waals surface area (Å²) in [6.45, 7) is 4.09. The van der Waals surface area contributed by atoms with Crippen LogP contribution >= 0.6 is 23.2 Å². The third-order valence-corrected chi connectivity index (χ3v) is 4.35. The third-order valence-electron chi connectivity index (χ3n) is 3.61. The Hall–Kier alpha value is -1.03. The van der Waals surface area contributed by atoms with Crippen molar-refractivity contribution in [2.24, 2.45) is 12.8 Å². The Morgan fingerprint density at radius 3 is 2.45 bits per heavy atom. The van der Waals surface area contributed by atoms with Crippen LogP contribution in [0.4, 0.5) is 0 Å². The van der Waals surface area contributed by atoms with Crippen LogP contribution in [0.1, 0.15) is 22.5 Å². The SMILES string of the molecule is Cc1nn(C)c(C)c1CC(N)Cc1ccc(Cl)c(Cl)c1. The van der Waals surface area contributed by atoms with Crippen LogP contribution in [0.2, 0.25) is 10.0 Å². The first-order chi connectivity index (χ1) is 9.38. The molecule has 1 unspecified atom stereocenters. The lowest BCUT2D eigenvalue weighted by Gasteiger charge is -2.12. The van der Waals surface area contributed by atoms with Crippen molar-refractivity contribution in [3.05, 3.63) is 50.8 Å². The fourth-order valence-corrected chi connectivity index (χ4v) is 2.74. The molecule has 0 amide bonds. The highest BCUT2D eigenvalue weighted by atomic mass is 35.5. The number of nitrogens with two attached hydrogens (primary N) is 1. The van der Waals surface area contributed by atoms with E-state index in [4.69, 9.17) is 28.9 Å². The average molecular weight is 312 g/mol. The standard InChI is InChI=1S/C15H19Cl2N3/c1-9-13(10(2)20(3)19-9)8-12(18)6-11-4-5-14(16)15(17)7-11/h4-5,7,12H,6,8,18H2,1-3H3. The highest BCUT2D eigenvalue weighted by Crippen LogP contribution is 2.23. The molecular formula is C15H19Cl2N3. The molecule has 0 radical (unpaired) electrons. The molecule has 0 fully saturated rings. The monoisotopic (exact) mass is 311 g/mol. The minimum Gasteiger partial charge on any atom is -0.327 e. The topological polar surface area (TPSA) is 43.8 Å². The lowest BCUT2D eigenvalue weighted by Crippen LogP contribution is -2.26. The summed E-state index contributed by atoms with van der Waals surface area (Å²) in [5.41, 5.74) is 10.8. The molecule has 1 heterocycles. The molecule has 0 saturated heterocycles. The first kappa shape index (κ1) is 15.4. The van der Waals surface area contributed by atoms with Crippen LogP contribution < -0.4 is 5.73 Å². The molecule has 5 heteroatoms. The molecule has 20 heavy (non-hydrogen) atoms. The van der Waals surface area contributed by atoms with E-state index in [0.29, 0.717) is 10.0 Å². The number of hydrogen-bond acceptors (Lipinski definition) is 2. The van der Waals surface area contributed by atoms with E-state index < -0.39 is 0 Å². The van der Waals surface area contributed by atoms with Crippen molar-refractivity contribution in [3.8, 4) is 0 Å². The summed E-state index contributed by atoms with van der Waals surface area (Å²) >= 11 is 11.9. The number of rotatable bonds is 4. The molecule has 108 valence electrons. The van der Waals surface area contributed by atoms with Gasteiger partial charge in [0.2, 0.25) is 0 Å². The van der Waals surface area contributed by atoms with E-state index in [0.717, 1.165) is 24.1 Å². The molecule has 1 aromatic heterocycles. The van der Waals surface area contributed by atoms with Crippen LogP contribution in [0.3, 0.4) is 0 Å². The second-order valence-corrected chi connectivity index (χ2v) is 6.00. The highest BCUT2D eigenvalue weighted by Gasteiger charge is 2.14. The van der Waals surface area contributed by atoms with Gasteiger partial charge < -0.3 is 5.73 Å². The van der Waals surface area contributed by atoms with Gasteiger partial charge in [-0.05, 0) is 49.9 Å². The highest BCUT2D eigenvalue weighted by molar-refractivity contribution is 6.42. The van der Waals surface area contributed by atoms with Gasteiger partial charge in [0, 0.05) is 18.8 Å². The lowest BCUT2D eigenvalue weighted by atomic mass is 9.98. The van der Waals surface area contributed by atoms with E-state index in [-0.39, 0.29) is 6.04 Å². The fraction of sp³-hybridized carbons (Fsp3) is 0.400. The number of aryl methyl sites for hydroxylation is 2. The smallest absolute Gasteiger partial charge is 0.0628 e. The Morgan fingerprint density at radius 1 is 1.20 bits per heavy atom. The minimum atomic E-state index is 0.0360. The number of benzene rings is 1. The predicted octanol–water partition coefficient (Wildman–Crippen LogP) is 3.46. The average Bonchev–Trinajstić information content (AvgIpc) is 2.61. The fourth-order valence-electron chi connectivity index (χ4n) is 2.42. The van der Waals surface area contributed by atoms with Crippen molar-refractivity contribution in [2.75, 3.05) is 0 Å². The Labute approximate surface area is 129 Å². The van der Waals surface area contributed by atoms with Gasteiger partial charge in [-0.3, -0.25) is 4.68 Å². The maximum absolute atomic E-state index is 6.26. The van der Waals surface area contributed by atoms with E-state index in [1.54, 1.807) is 0 Å². The second-order valence-electron chi connectivity index (χ2n) is 5.19. The number of aromatic nitrogens is 2. The largest absolute Gasteiger partial charge is 0.327 e. The van der Waals surface area contributed by atoms with E-state index in [1.165, 1.54) is 11.3 Å². The van der Waals surface area contributed by atoms with Crippen LogP contribution in [0.15, 0.2) is 18.2 Å². The minimum absolute atomic E-state index is 0.0360. The predicted molar refractivity (Wildman–Crippen MR) is 84.5 cm³/mol. The lowest BCUT2D eigenvalue weighted by molar-refractivity contribution is 0.658. The van der Waals surface area contributed by atoms with E-state index in [2.05, 4.69) is 12.0 Å². The quantitative estimate of drug-likeness (QED) is 0.939. The first-order valence-corrected chi connectivity index (χ1v) is 7.32. The molecule has 0 aliphatic carbocycles. The van der Waals surface area contributed by atoms with Gasteiger partial charge in [-0.1, -0.05) is 29.3 Å². The van der Waals surface area contributed by atoms with Gasteiger partial charge in [-0.15, -0.1) is 0 Å². The van der Waals surface area contributed by atoms with Crippen molar-refractivity contribution in [3.63, 3.8) is 0 Å². The van der Waals surface area contributed by atoms with E-state index in [1.807, 2.05) is 36.9 Å². The van der Waals surface area contributed by atoms with Gasteiger partial charge in [0.1, 0.15) is 0 Å². The Morgan fingerprint density at radius 2 is 1.90 bits per heavy atom. The van der Waals surface area contributed by atoms with Crippen molar-refractivity contribution in [2.45, 2.75) is 32.7 Å². The zero-order chi connectivity index (χ0) is 14.9.